The summed E-state index contributed by atoms with van der Waals surface area (Å²) in [5.41, 5.74) is -0.0776. The van der Waals surface area contributed by atoms with Crippen LogP contribution in [0.1, 0.15) is 58.2 Å². The number of rotatable bonds is 4. The molecule has 0 spiro atoms. The molecule has 1 aliphatic rings. The minimum atomic E-state index is -0.510. The number of likely N-dealkylation sites (tertiary alicyclic amines) is 1. The molecular weight excluding hydrogens is 397 g/mol. The molecule has 1 saturated heterocycles. The molecule has 29 heavy (non-hydrogen) atoms. The van der Waals surface area contributed by atoms with Gasteiger partial charge in [0.25, 0.3) is 0 Å². The van der Waals surface area contributed by atoms with Crippen molar-refractivity contribution in [2.45, 2.75) is 58.3 Å². The van der Waals surface area contributed by atoms with Gasteiger partial charge in [0.05, 0.1) is 12.2 Å². The van der Waals surface area contributed by atoms with Crippen molar-refractivity contribution >= 4 is 17.7 Å². The molecule has 2 heterocycles. The van der Waals surface area contributed by atoms with E-state index in [1.54, 1.807) is 36.2 Å². The van der Waals surface area contributed by atoms with Gasteiger partial charge in [-0.1, -0.05) is 17.7 Å². The van der Waals surface area contributed by atoms with E-state index in [0.717, 1.165) is 12.8 Å². The van der Waals surface area contributed by atoms with Crippen molar-refractivity contribution < 1.29 is 18.7 Å². The number of ether oxygens (including phenoxy) is 2. The lowest BCUT2D eigenvalue weighted by molar-refractivity contribution is 0.0181. The Labute approximate surface area is 175 Å². The number of piperidine rings is 1. The van der Waals surface area contributed by atoms with E-state index in [1.807, 2.05) is 25.5 Å². The van der Waals surface area contributed by atoms with E-state index in [1.165, 1.54) is 6.07 Å². The molecule has 8 heteroatoms. The Morgan fingerprint density at radius 3 is 2.59 bits per heavy atom. The summed E-state index contributed by atoms with van der Waals surface area (Å²) in [7, 11) is 0. The molecule has 0 N–H and O–H groups in total. The van der Waals surface area contributed by atoms with Crippen LogP contribution >= 0.6 is 11.6 Å². The molecule has 1 atom stereocenters. The highest BCUT2D eigenvalue weighted by Crippen LogP contribution is 2.30. The van der Waals surface area contributed by atoms with Crippen molar-refractivity contribution in [2.75, 3.05) is 13.1 Å². The van der Waals surface area contributed by atoms with Gasteiger partial charge in [-0.2, -0.15) is 5.10 Å². The highest BCUT2D eigenvalue weighted by atomic mass is 35.5. The van der Waals surface area contributed by atoms with Crippen molar-refractivity contribution in [3.05, 3.63) is 46.9 Å². The Balaban J connectivity index is 1.63. The van der Waals surface area contributed by atoms with E-state index >= 15 is 0 Å². The number of hydrogen-bond donors (Lipinski definition) is 0. The Bertz CT molecular complexity index is 857. The molecule has 1 aliphatic heterocycles. The Morgan fingerprint density at radius 2 is 1.97 bits per heavy atom. The van der Waals surface area contributed by atoms with Crippen LogP contribution in [0.5, 0.6) is 5.88 Å². The fourth-order valence-corrected chi connectivity index (χ4v) is 3.52. The minimum Gasteiger partial charge on any atom is -0.470 e. The predicted molar refractivity (Wildman–Crippen MR) is 109 cm³/mol. The molecule has 0 unspecified atom stereocenters. The van der Waals surface area contributed by atoms with Crippen LogP contribution in [0.4, 0.5) is 9.18 Å². The molecule has 0 saturated carbocycles. The van der Waals surface area contributed by atoms with Gasteiger partial charge in [0, 0.05) is 29.7 Å². The smallest absolute Gasteiger partial charge is 0.410 e. The number of halogens is 2. The van der Waals surface area contributed by atoms with Crippen LogP contribution in [0.15, 0.2) is 30.5 Å². The number of nitrogens with zero attached hydrogens (tertiary/aromatic N) is 3. The summed E-state index contributed by atoms with van der Waals surface area (Å²) >= 11 is 5.83. The van der Waals surface area contributed by atoms with Gasteiger partial charge >= 0.3 is 6.09 Å². The first-order valence-electron chi connectivity index (χ1n) is 9.77. The van der Waals surface area contributed by atoms with Crippen molar-refractivity contribution in [1.82, 2.24) is 14.7 Å². The van der Waals surface area contributed by atoms with Crippen molar-refractivity contribution in [3.8, 4) is 5.88 Å². The van der Waals surface area contributed by atoms with E-state index < -0.39 is 17.5 Å². The van der Waals surface area contributed by atoms with Crippen LogP contribution in [-0.2, 0) is 4.74 Å². The number of aromatic nitrogens is 2. The van der Waals surface area contributed by atoms with Crippen molar-refractivity contribution in [2.24, 2.45) is 0 Å². The van der Waals surface area contributed by atoms with Gasteiger partial charge in [0.1, 0.15) is 17.5 Å². The molecule has 1 aromatic heterocycles. The van der Waals surface area contributed by atoms with Gasteiger partial charge in [0.15, 0.2) is 0 Å². The van der Waals surface area contributed by atoms with Gasteiger partial charge < -0.3 is 14.4 Å². The number of carbonyl (C=O) groups is 1. The Morgan fingerprint density at radius 1 is 1.28 bits per heavy atom. The maximum atomic E-state index is 14.2. The number of benzene rings is 1. The zero-order chi connectivity index (χ0) is 21.2. The van der Waals surface area contributed by atoms with E-state index in [-0.39, 0.29) is 12.1 Å². The fourth-order valence-electron chi connectivity index (χ4n) is 3.36. The molecule has 158 valence electrons. The van der Waals surface area contributed by atoms with Crippen LogP contribution in [0.2, 0.25) is 5.02 Å². The standard InChI is InChI=1S/C21H27ClFN3O3/c1-14(17-6-5-15(22)13-18(17)23)28-19-7-10-24-26(19)16-8-11-25(12-9-16)20(27)29-21(2,3)4/h5-7,10,13-14,16H,8-9,11-12H2,1-4H3/t14-/m0/s1. The van der Waals surface area contributed by atoms with E-state index in [4.69, 9.17) is 21.1 Å². The Kier molecular flexibility index (Phi) is 6.36. The van der Waals surface area contributed by atoms with Crippen LogP contribution in [0.3, 0.4) is 0 Å². The second-order valence-electron chi connectivity index (χ2n) is 8.24. The molecule has 0 radical (unpaired) electrons. The van der Waals surface area contributed by atoms with E-state index in [9.17, 15) is 9.18 Å². The average Bonchev–Trinajstić information content (AvgIpc) is 3.08. The second kappa shape index (κ2) is 8.61. The highest BCUT2D eigenvalue weighted by Gasteiger charge is 2.29. The van der Waals surface area contributed by atoms with E-state index in [0.29, 0.717) is 29.6 Å². The number of hydrogen-bond acceptors (Lipinski definition) is 4. The first kappa shape index (κ1) is 21.4. The van der Waals surface area contributed by atoms with Crippen LogP contribution in [0.25, 0.3) is 0 Å². The lowest BCUT2D eigenvalue weighted by Gasteiger charge is -2.34. The van der Waals surface area contributed by atoms with Gasteiger partial charge in [-0.25, -0.2) is 13.9 Å². The first-order chi connectivity index (χ1) is 13.6. The minimum absolute atomic E-state index is 0.0981. The quantitative estimate of drug-likeness (QED) is 0.661. The second-order valence-corrected chi connectivity index (χ2v) is 8.67. The third kappa shape index (κ3) is 5.41. The maximum absolute atomic E-state index is 14.2. The maximum Gasteiger partial charge on any atom is 0.410 e. The number of carbonyl (C=O) groups excluding carboxylic acids is 1. The molecule has 1 fully saturated rings. The third-order valence-electron chi connectivity index (χ3n) is 4.79. The van der Waals surface area contributed by atoms with Gasteiger partial charge in [0.2, 0.25) is 5.88 Å². The monoisotopic (exact) mass is 423 g/mol. The van der Waals surface area contributed by atoms with Gasteiger partial charge in [-0.15, -0.1) is 0 Å². The molecule has 0 bridgehead atoms. The van der Waals surface area contributed by atoms with Crippen LogP contribution < -0.4 is 4.74 Å². The summed E-state index contributed by atoms with van der Waals surface area (Å²) < 4.78 is 27.4. The summed E-state index contributed by atoms with van der Waals surface area (Å²) in [6, 6.07) is 6.41. The summed E-state index contributed by atoms with van der Waals surface area (Å²) in [6.07, 6.45) is 2.35. The zero-order valence-electron chi connectivity index (χ0n) is 17.2. The zero-order valence-corrected chi connectivity index (χ0v) is 17.9. The van der Waals surface area contributed by atoms with Crippen LogP contribution in [0, 0.1) is 5.82 Å². The summed E-state index contributed by atoms with van der Waals surface area (Å²) in [6.45, 7) is 8.52. The molecule has 6 nitrogen and oxygen atoms in total. The normalized spacial score (nSPS) is 16.6. The molecule has 1 aromatic carbocycles. The first-order valence-corrected chi connectivity index (χ1v) is 10.1. The third-order valence-corrected chi connectivity index (χ3v) is 5.03. The Hall–Kier alpha value is -2.28. The molecular formula is C21H27ClFN3O3. The lowest BCUT2D eigenvalue weighted by atomic mass is 10.1. The topological polar surface area (TPSA) is 56.6 Å². The highest BCUT2D eigenvalue weighted by molar-refractivity contribution is 6.30. The van der Waals surface area contributed by atoms with Crippen molar-refractivity contribution in [3.63, 3.8) is 0 Å². The summed E-state index contributed by atoms with van der Waals surface area (Å²) in [5, 5.41) is 4.74. The fraction of sp³-hybridized carbons (Fsp3) is 0.524. The molecule has 0 aliphatic carbocycles. The van der Waals surface area contributed by atoms with Crippen LogP contribution in [-0.4, -0.2) is 39.5 Å². The van der Waals surface area contributed by atoms with Gasteiger partial charge in [-0.05, 0) is 52.7 Å². The van der Waals surface area contributed by atoms with E-state index in [2.05, 4.69) is 5.10 Å². The lowest BCUT2D eigenvalue weighted by Crippen LogP contribution is -2.42. The predicted octanol–water partition coefficient (Wildman–Crippen LogP) is 5.39. The summed E-state index contributed by atoms with van der Waals surface area (Å²) in [5.74, 6) is 0.171. The van der Waals surface area contributed by atoms with Gasteiger partial charge in [-0.3, -0.25) is 0 Å². The number of amides is 1. The largest absolute Gasteiger partial charge is 0.470 e. The van der Waals surface area contributed by atoms with Crippen molar-refractivity contribution in [1.29, 1.82) is 0 Å². The average molecular weight is 424 g/mol. The molecule has 3 rings (SSSR count). The SMILES string of the molecule is C[C@H](Oc1ccnn1C1CCN(C(=O)OC(C)(C)C)CC1)c1ccc(Cl)cc1F. The summed E-state index contributed by atoms with van der Waals surface area (Å²) in [4.78, 5) is 14.0. The molecule has 1 amide bonds. The molecule has 2 aromatic rings.